The van der Waals surface area contributed by atoms with Crippen LogP contribution in [0.5, 0.6) is 0 Å². The quantitative estimate of drug-likeness (QED) is 0.769. The largest absolute Gasteiger partial charge is 0.377 e. The molecular formula is C12H17NO2. The first-order chi connectivity index (χ1) is 7.35. The zero-order chi connectivity index (χ0) is 10.7. The van der Waals surface area contributed by atoms with Crippen LogP contribution in [0.15, 0.2) is 24.3 Å². The zero-order valence-corrected chi connectivity index (χ0v) is 9.19. The van der Waals surface area contributed by atoms with Crippen LogP contribution in [0.4, 0.5) is 5.69 Å². The van der Waals surface area contributed by atoms with Gasteiger partial charge >= 0.3 is 0 Å². The van der Waals surface area contributed by atoms with Crippen LogP contribution in [0.1, 0.15) is 12.0 Å². The summed E-state index contributed by atoms with van der Waals surface area (Å²) in [7, 11) is 3.35. The van der Waals surface area contributed by atoms with Crippen LogP contribution in [-0.4, -0.2) is 26.6 Å². The lowest BCUT2D eigenvalue weighted by atomic mass is 9.98. The number of anilines is 1. The molecule has 1 heterocycles. The summed E-state index contributed by atoms with van der Waals surface area (Å²) < 4.78 is 10.5. The van der Waals surface area contributed by atoms with Gasteiger partial charge in [-0.25, -0.2) is 0 Å². The van der Waals surface area contributed by atoms with Gasteiger partial charge in [0.1, 0.15) is 0 Å². The van der Waals surface area contributed by atoms with Gasteiger partial charge in [-0.1, -0.05) is 18.2 Å². The Morgan fingerprint density at radius 1 is 1.27 bits per heavy atom. The number of methoxy groups -OCH3 is 2. The number of hydrogen-bond donors (Lipinski definition) is 1. The molecule has 0 fully saturated rings. The van der Waals surface area contributed by atoms with Crippen LogP contribution in [0.3, 0.4) is 0 Å². The molecule has 0 radical (unpaired) electrons. The predicted molar refractivity (Wildman–Crippen MR) is 60.0 cm³/mol. The van der Waals surface area contributed by atoms with Gasteiger partial charge in [-0.05, 0) is 24.5 Å². The Morgan fingerprint density at radius 3 is 2.73 bits per heavy atom. The highest BCUT2D eigenvalue weighted by Gasteiger charge is 2.24. The topological polar surface area (TPSA) is 30.5 Å². The van der Waals surface area contributed by atoms with Crippen LogP contribution < -0.4 is 5.32 Å². The Labute approximate surface area is 90.4 Å². The second-order valence-corrected chi connectivity index (χ2v) is 3.79. The first-order valence-electron chi connectivity index (χ1n) is 5.25. The van der Waals surface area contributed by atoms with Gasteiger partial charge in [0.05, 0.1) is 6.04 Å². The van der Waals surface area contributed by atoms with Gasteiger partial charge in [0, 0.05) is 19.9 Å². The average Bonchev–Trinajstić information content (AvgIpc) is 2.30. The molecule has 0 aliphatic carbocycles. The number of aryl methyl sites for hydroxylation is 1. The van der Waals surface area contributed by atoms with E-state index in [2.05, 4.69) is 23.5 Å². The highest BCUT2D eigenvalue weighted by molar-refractivity contribution is 5.53. The van der Waals surface area contributed by atoms with E-state index in [4.69, 9.17) is 9.47 Å². The van der Waals surface area contributed by atoms with E-state index >= 15 is 0 Å². The van der Waals surface area contributed by atoms with Crippen LogP contribution in [0, 0.1) is 0 Å². The number of nitrogens with one attached hydrogen (secondary N) is 1. The summed E-state index contributed by atoms with van der Waals surface area (Å²) in [6.45, 7) is 0. The minimum atomic E-state index is -0.168. The van der Waals surface area contributed by atoms with Crippen molar-refractivity contribution in [3.8, 4) is 0 Å². The molecule has 3 heteroatoms. The van der Waals surface area contributed by atoms with Crippen molar-refractivity contribution in [2.75, 3.05) is 19.5 Å². The van der Waals surface area contributed by atoms with E-state index in [1.54, 1.807) is 14.2 Å². The summed E-state index contributed by atoms with van der Waals surface area (Å²) in [6.07, 6.45) is 1.96. The highest BCUT2D eigenvalue weighted by atomic mass is 16.7. The second-order valence-electron chi connectivity index (χ2n) is 3.79. The third-order valence-corrected chi connectivity index (χ3v) is 2.88. The molecule has 0 amide bonds. The Bertz CT molecular complexity index is 323. The lowest BCUT2D eigenvalue weighted by molar-refractivity contribution is -0.113. The highest BCUT2D eigenvalue weighted by Crippen LogP contribution is 2.26. The fourth-order valence-corrected chi connectivity index (χ4v) is 2.09. The summed E-state index contributed by atoms with van der Waals surface area (Å²) in [5.41, 5.74) is 2.58. The number of fused-ring (bicyclic) bond motifs is 1. The second kappa shape index (κ2) is 4.64. The third-order valence-electron chi connectivity index (χ3n) is 2.88. The lowest BCUT2D eigenvalue weighted by Gasteiger charge is -2.31. The molecule has 0 saturated heterocycles. The van der Waals surface area contributed by atoms with Crippen molar-refractivity contribution < 1.29 is 9.47 Å². The molecule has 1 atom stereocenters. The van der Waals surface area contributed by atoms with Crippen molar-refractivity contribution in [1.82, 2.24) is 0 Å². The maximum Gasteiger partial charge on any atom is 0.176 e. The van der Waals surface area contributed by atoms with Crippen molar-refractivity contribution in [1.29, 1.82) is 0 Å². The average molecular weight is 207 g/mol. The van der Waals surface area contributed by atoms with E-state index in [0.29, 0.717) is 0 Å². The Morgan fingerprint density at radius 2 is 2.00 bits per heavy atom. The van der Waals surface area contributed by atoms with Crippen molar-refractivity contribution in [2.24, 2.45) is 0 Å². The Hall–Kier alpha value is -1.06. The van der Waals surface area contributed by atoms with E-state index in [1.807, 2.05) is 6.07 Å². The number of benzene rings is 1. The van der Waals surface area contributed by atoms with Crippen molar-refractivity contribution in [3.63, 3.8) is 0 Å². The molecule has 0 spiro atoms. The first-order valence-corrected chi connectivity index (χ1v) is 5.25. The summed E-state index contributed by atoms with van der Waals surface area (Å²) in [4.78, 5) is 0. The molecule has 0 bridgehead atoms. The molecule has 0 aromatic heterocycles. The molecule has 1 unspecified atom stereocenters. The monoisotopic (exact) mass is 207 g/mol. The SMILES string of the molecule is COC(OC)C1CCc2ccccc2N1. The van der Waals surface area contributed by atoms with Gasteiger partial charge in [0.2, 0.25) is 0 Å². The summed E-state index contributed by atoms with van der Waals surface area (Å²) in [5, 5.41) is 3.45. The van der Waals surface area contributed by atoms with E-state index < -0.39 is 0 Å². The molecule has 1 aromatic carbocycles. The van der Waals surface area contributed by atoms with Gasteiger partial charge in [0.15, 0.2) is 6.29 Å². The lowest BCUT2D eigenvalue weighted by Crippen LogP contribution is -2.39. The van der Waals surface area contributed by atoms with Crippen LogP contribution in [-0.2, 0) is 15.9 Å². The minimum Gasteiger partial charge on any atom is -0.377 e. The van der Waals surface area contributed by atoms with Gasteiger partial charge < -0.3 is 14.8 Å². The van der Waals surface area contributed by atoms with Crippen molar-refractivity contribution in [3.05, 3.63) is 29.8 Å². The molecule has 1 aromatic rings. The van der Waals surface area contributed by atoms with Crippen LogP contribution in [0.25, 0.3) is 0 Å². The molecule has 3 nitrogen and oxygen atoms in total. The molecular weight excluding hydrogens is 190 g/mol. The van der Waals surface area contributed by atoms with Gasteiger partial charge in [-0.3, -0.25) is 0 Å². The van der Waals surface area contributed by atoms with Gasteiger partial charge in [0.25, 0.3) is 0 Å². The van der Waals surface area contributed by atoms with E-state index in [0.717, 1.165) is 12.8 Å². The van der Waals surface area contributed by atoms with Crippen LogP contribution in [0.2, 0.25) is 0 Å². The molecule has 2 rings (SSSR count). The Balaban J connectivity index is 2.11. The number of hydrogen-bond acceptors (Lipinski definition) is 3. The molecule has 82 valence electrons. The number of para-hydroxylation sites is 1. The molecule has 1 aliphatic rings. The standard InChI is InChI=1S/C12H17NO2/c1-14-12(15-2)11-8-7-9-5-3-4-6-10(9)13-11/h3-6,11-13H,7-8H2,1-2H3. The van der Waals surface area contributed by atoms with Gasteiger partial charge in [-0.15, -0.1) is 0 Å². The molecule has 1 aliphatic heterocycles. The summed E-state index contributed by atoms with van der Waals surface area (Å²) in [5.74, 6) is 0. The molecule has 1 N–H and O–H groups in total. The minimum absolute atomic E-state index is 0.168. The molecule has 15 heavy (non-hydrogen) atoms. The first kappa shape index (κ1) is 10.5. The Kier molecular flexibility index (Phi) is 3.23. The fourth-order valence-electron chi connectivity index (χ4n) is 2.09. The smallest absolute Gasteiger partial charge is 0.176 e. The van der Waals surface area contributed by atoms with Gasteiger partial charge in [-0.2, -0.15) is 0 Å². The van der Waals surface area contributed by atoms with E-state index in [-0.39, 0.29) is 12.3 Å². The fraction of sp³-hybridized carbons (Fsp3) is 0.500. The summed E-state index contributed by atoms with van der Waals surface area (Å²) >= 11 is 0. The van der Waals surface area contributed by atoms with Crippen LogP contribution >= 0.6 is 0 Å². The van der Waals surface area contributed by atoms with Crippen molar-refractivity contribution >= 4 is 5.69 Å². The molecule has 0 saturated carbocycles. The maximum atomic E-state index is 5.27. The third kappa shape index (κ3) is 2.13. The number of rotatable bonds is 3. The summed E-state index contributed by atoms with van der Waals surface area (Å²) in [6, 6.07) is 8.63. The predicted octanol–water partition coefficient (Wildman–Crippen LogP) is 2.03. The van der Waals surface area contributed by atoms with E-state index in [1.165, 1.54) is 11.3 Å². The zero-order valence-electron chi connectivity index (χ0n) is 9.19. The van der Waals surface area contributed by atoms with Crippen molar-refractivity contribution in [2.45, 2.75) is 25.2 Å². The van der Waals surface area contributed by atoms with E-state index in [9.17, 15) is 0 Å². The normalized spacial score (nSPS) is 19.8. The maximum absolute atomic E-state index is 5.27. The number of ether oxygens (including phenoxy) is 2.